The van der Waals surface area contributed by atoms with E-state index in [4.69, 9.17) is 4.74 Å². The van der Waals surface area contributed by atoms with Crippen LogP contribution in [0.1, 0.15) is 38.7 Å². The van der Waals surface area contributed by atoms with Gasteiger partial charge in [0.25, 0.3) is 0 Å². The third-order valence-electron chi connectivity index (χ3n) is 4.07. The first-order valence-electron chi connectivity index (χ1n) is 8.42. The molecular weight excluding hydrogens is 260 g/mol. The first kappa shape index (κ1) is 16.3. The van der Waals surface area contributed by atoms with Crippen LogP contribution in [0.2, 0.25) is 0 Å². The highest BCUT2D eigenvalue weighted by Gasteiger charge is 2.15. The third kappa shape index (κ3) is 6.06. The van der Waals surface area contributed by atoms with Crippen molar-refractivity contribution in [1.29, 1.82) is 0 Å². The summed E-state index contributed by atoms with van der Waals surface area (Å²) in [5, 5.41) is 3.43. The molecule has 1 N–H and O–H groups in total. The van der Waals surface area contributed by atoms with Gasteiger partial charge in [-0.1, -0.05) is 26.0 Å². The Labute approximate surface area is 129 Å². The van der Waals surface area contributed by atoms with E-state index in [1.165, 1.54) is 37.9 Å². The molecule has 0 bridgehead atoms. The van der Waals surface area contributed by atoms with Crippen LogP contribution in [0.3, 0.4) is 0 Å². The molecule has 1 aromatic rings. The molecule has 0 radical (unpaired) electrons. The summed E-state index contributed by atoms with van der Waals surface area (Å²) in [6.07, 6.45) is 3.88. The highest BCUT2D eigenvalue weighted by atomic mass is 16.5. The van der Waals surface area contributed by atoms with Gasteiger partial charge in [-0.25, -0.2) is 0 Å². The average Bonchev–Trinajstić information content (AvgIpc) is 2.48. The minimum absolute atomic E-state index is 0.790. The Morgan fingerprint density at radius 2 is 2.29 bits per heavy atom. The van der Waals surface area contributed by atoms with Crippen LogP contribution in [0.5, 0.6) is 5.75 Å². The van der Waals surface area contributed by atoms with E-state index >= 15 is 0 Å². The second kappa shape index (κ2) is 9.06. The first-order chi connectivity index (χ1) is 10.3. The highest BCUT2D eigenvalue weighted by Crippen LogP contribution is 2.16. The van der Waals surface area contributed by atoms with Crippen molar-refractivity contribution in [1.82, 2.24) is 10.2 Å². The number of rotatable bonds is 8. The van der Waals surface area contributed by atoms with Crippen LogP contribution in [0.15, 0.2) is 24.3 Å². The number of likely N-dealkylation sites (tertiary alicyclic amines) is 1. The van der Waals surface area contributed by atoms with Crippen molar-refractivity contribution >= 4 is 0 Å². The zero-order valence-electron chi connectivity index (χ0n) is 13.6. The number of hydrogen-bond acceptors (Lipinski definition) is 3. The standard InChI is InChI=1S/C18H30N2O/c1-3-9-19-14-17-7-4-8-18(13-17)21-12-11-20-10-5-6-16(2)15-20/h4,7-8,13,16,19H,3,5-6,9-12,14-15H2,1-2H3. The van der Waals surface area contributed by atoms with Crippen LogP contribution >= 0.6 is 0 Å². The normalized spacial score (nSPS) is 19.6. The van der Waals surface area contributed by atoms with E-state index in [-0.39, 0.29) is 0 Å². The van der Waals surface area contributed by atoms with E-state index in [0.717, 1.165) is 37.9 Å². The van der Waals surface area contributed by atoms with Crippen molar-refractivity contribution in [2.75, 3.05) is 32.8 Å². The van der Waals surface area contributed by atoms with Gasteiger partial charge in [-0.3, -0.25) is 4.90 Å². The van der Waals surface area contributed by atoms with Crippen LogP contribution in [-0.2, 0) is 6.54 Å². The summed E-state index contributed by atoms with van der Waals surface area (Å²) >= 11 is 0. The van der Waals surface area contributed by atoms with E-state index in [1.807, 2.05) is 0 Å². The lowest BCUT2D eigenvalue weighted by Gasteiger charge is -2.30. The van der Waals surface area contributed by atoms with E-state index < -0.39 is 0 Å². The number of piperidine rings is 1. The van der Waals surface area contributed by atoms with Crippen molar-refractivity contribution < 1.29 is 4.74 Å². The Bertz CT molecular complexity index is 408. The lowest BCUT2D eigenvalue weighted by atomic mass is 10.0. The summed E-state index contributed by atoms with van der Waals surface area (Å²) in [4.78, 5) is 2.53. The zero-order chi connectivity index (χ0) is 14.9. The molecule has 2 rings (SSSR count). The van der Waals surface area contributed by atoms with Crippen LogP contribution in [0, 0.1) is 5.92 Å². The molecule has 0 aromatic heterocycles. The predicted octanol–water partition coefficient (Wildman–Crippen LogP) is 3.30. The molecule has 1 heterocycles. The summed E-state index contributed by atoms with van der Waals surface area (Å²) in [5.41, 5.74) is 1.30. The molecule has 1 aliphatic heterocycles. The van der Waals surface area contributed by atoms with Crippen molar-refractivity contribution in [3.05, 3.63) is 29.8 Å². The molecular formula is C18H30N2O. The van der Waals surface area contributed by atoms with Gasteiger partial charge in [0.2, 0.25) is 0 Å². The maximum Gasteiger partial charge on any atom is 0.119 e. The minimum Gasteiger partial charge on any atom is -0.492 e. The fourth-order valence-electron chi connectivity index (χ4n) is 2.94. The lowest BCUT2D eigenvalue weighted by Crippen LogP contribution is -2.37. The van der Waals surface area contributed by atoms with Gasteiger partial charge in [-0.2, -0.15) is 0 Å². The second-order valence-corrected chi connectivity index (χ2v) is 6.22. The fourth-order valence-corrected chi connectivity index (χ4v) is 2.94. The smallest absolute Gasteiger partial charge is 0.119 e. The highest BCUT2D eigenvalue weighted by molar-refractivity contribution is 5.28. The fraction of sp³-hybridized carbons (Fsp3) is 0.667. The Hall–Kier alpha value is -1.06. The van der Waals surface area contributed by atoms with Crippen molar-refractivity contribution in [2.24, 2.45) is 5.92 Å². The van der Waals surface area contributed by atoms with Gasteiger partial charge in [0.1, 0.15) is 12.4 Å². The van der Waals surface area contributed by atoms with Crippen LogP contribution in [-0.4, -0.2) is 37.7 Å². The van der Waals surface area contributed by atoms with E-state index in [2.05, 4.69) is 48.3 Å². The van der Waals surface area contributed by atoms with Crippen LogP contribution in [0.4, 0.5) is 0 Å². The molecule has 0 amide bonds. The topological polar surface area (TPSA) is 24.5 Å². The quantitative estimate of drug-likeness (QED) is 0.744. The summed E-state index contributed by atoms with van der Waals surface area (Å²) in [6, 6.07) is 8.45. The van der Waals surface area contributed by atoms with Gasteiger partial charge in [0.15, 0.2) is 0 Å². The summed E-state index contributed by atoms with van der Waals surface area (Å²) in [6.45, 7) is 10.8. The summed E-state index contributed by atoms with van der Waals surface area (Å²) in [7, 11) is 0. The minimum atomic E-state index is 0.790. The molecule has 118 valence electrons. The van der Waals surface area contributed by atoms with Crippen LogP contribution < -0.4 is 10.1 Å². The molecule has 1 atom stereocenters. The number of nitrogens with one attached hydrogen (secondary N) is 1. The Morgan fingerprint density at radius 1 is 1.38 bits per heavy atom. The first-order valence-corrected chi connectivity index (χ1v) is 8.42. The maximum absolute atomic E-state index is 5.92. The summed E-state index contributed by atoms with van der Waals surface area (Å²) in [5.74, 6) is 1.84. The molecule has 1 unspecified atom stereocenters. The van der Waals surface area contributed by atoms with E-state index in [0.29, 0.717) is 0 Å². The van der Waals surface area contributed by atoms with E-state index in [9.17, 15) is 0 Å². The Balaban J connectivity index is 1.71. The maximum atomic E-state index is 5.92. The zero-order valence-corrected chi connectivity index (χ0v) is 13.6. The molecule has 0 saturated carbocycles. The predicted molar refractivity (Wildman–Crippen MR) is 88.8 cm³/mol. The molecule has 3 nitrogen and oxygen atoms in total. The molecule has 0 aliphatic carbocycles. The lowest BCUT2D eigenvalue weighted by molar-refractivity contribution is 0.153. The third-order valence-corrected chi connectivity index (χ3v) is 4.07. The van der Waals surface area contributed by atoms with Crippen molar-refractivity contribution in [3.63, 3.8) is 0 Å². The molecule has 0 spiro atoms. The number of benzene rings is 1. The second-order valence-electron chi connectivity index (χ2n) is 6.22. The average molecular weight is 290 g/mol. The molecule has 21 heavy (non-hydrogen) atoms. The summed E-state index contributed by atoms with van der Waals surface area (Å²) < 4.78 is 5.92. The van der Waals surface area contributed by atoms with Crippen LogP contribution in [0.25, 0.3) is 0 Å². The van der Waals surface area contributed by atoms with E-state index in [1.54, 1.807) is 0 Å². The molecule has 1 aliphatic rings. The number of ether oxygens (including phenoxy) is 1. The van der Waals surface area contributed by atoms with Gasteiger partial charge in [-0.05, 0) is 56.0 Å². The van der Waals surface area contributed by atoms with Gasteiger partial charge >= 0.3 is 0 Å². The molecule has 3 heteroatoms. The van der Waals surface area contributed by atoms with Gasteiger partial charge < -0.3 is 10.1 Å². The number of nitrogens with zero attached hydrogens (tertiary/aromatic N) is 1. The number of hydrogen-bond donors (Lipinski definition) is 1. The molecule has 1 fully saturated rings. The Kier molecular flexibility index (Phi) is 7.04. The molecule has 1 saturated heterocycles. The largest absolute Gasteiger partial charge is 0.492 e. The van der Waals surface area contributed by atoms with Gasteiger partial charge in [-0.15, -0.1) is 0 Å². The van der Waals surface area contributed by atoms with Crippen molar-refractivity contribution in [2.45, 2.75) is 39.7 Å². The van der Waals surface area contributed by atoms with Crippen molar-refractivity contribution in [3.8, 4) is 5.75 Å². The molecule has 1 aromatic carbocycles. The van der Waals surface area contributed by atoms with Gasteiger partial charge in [0, 0.05) is 19.6 Å². The SMILES string of the molecule is CCCNCc1cccc(OCCN2CCCC(C)C2)c1. The van der Waals surface area contributed by atoms with Gasteiger partial charge in [0.05, 0.1) is 0 Å². The monoisotopic (exact) mass is 290 g/mol. The Morgan fingerprint density at radius 3 is 3.10 bits per heavy atom.